The highest BCUT2D eigenvalue weighted by molar-refractivity contribution is 6.01. The first kappa shape index (κ1) is 72.8. The van der Waals surface area contributed by atoms with Gasteiger partial charge in [-0.3, -0.25) is 71.9 Å². The zero-order chi connectivity index (χ0) is 69.4. The van der Waals surface area contributed by atoms with Crippen LogP contribution in [-0.2, 0) is 76.7 Å². The van der Waals surface area contributed by atoms with Gasteiger partial charge >= 0.3 is 24.0 Å². The second-order valence-corrected chi connectivity index (χ2v) is 23.8. The van der Waals surface area contributed by atoms with Gasteiger partial charge in [-0.25, -0.2) is 4.79 Å². The lowest BCUT2D eigenvalue weighted by Gasteiger charge is -2.39. The molecule has 0 saturated carbocycles. The van der Waals surface area contributed by atoms with E-state index in [-0.39, 0.29) is 51.8 Å². The predicted molar refractivity (Wildman–Crippen MR) is 325 cm³/mol. The number of piperidine rings is 1. The first-order valence-corrected chi connectivity index (χ1v) is 30.5. The van der Waals surface area contributed by atoms with Crippen molar-refractivity contribution in [3.05, 3.63) is 59.7 Å². The molecular formula is C60H80N14O20. The van der Waals surface area contributed by atoms with Crippen molar-refractivity contribution in [2.75, 3.05) is 32.8 Å². The minimum absolute atomic E-state index is 0.0135. The molecular weight excluding hydrogens is 1240 g/mol. The first-order chi connectivity index (χ1) is 44.4. The Morgan fingerprint density at radius 2 is 1.11 bits per heavy atom. The van der Waals surface area contributed by atoms with Crippen LogP contribution in [0.15, 0.2) is 48.5 Å². The largest absolute Gasteiger partial charge is 0.481 e. The molecule has 0 radical (unpaired) electrons. The van der Waals surface area contributed by atoms with Crippen molar-refractivity contribution in [1.29, 1.82) is 0 Å². The van der Waals surface area contributed by atoms with Gasteiger partial charge in [0.05, 0.1) is 56.4 Å². The molecule has 3 heterocycles. The molecule has 34 nitrogen and oxygen atoms in total. The van der Waals surface area contributed by atoms with Gasteiger partial charge in [-0.15, -0.1) is 0 Å². The van der Waals surface area contributed by atoms with Crippen LogP contribution in [-0.4, -0.2) is 219 Å². The zero-order valence-electron chi connectivity index (χ0n) is 52.2. The van der Waals surface area contributed by atoms with Crippen molar-refractivity contribution < 1.29 is 96.8 Å². The van der Waals surface area contributed by atoms with Crippen LogP contribution in [0.1, 0.15) is 103 Å². The monoisotopic (exact) mass is 1320 g/mol. The Morgan fingerprint density at radius 3 is 1.66 bits per heavy atom. The maximum absolute atomic E-state index is 15.0. The molecule has 6 rings (SSSR count). The number of nitrogens with zero attached hydrogens (tertiary/aromatic N) is 2. The fraction of sp³-hybridized carbons (Fsp3) is 0.533. The highest BCUT2D eigenvalue weighted by Gasteiger charge is 2.45. The fourth-order valence-electron chi connectivity index (χ4n) is 11.5. The summed E-state index contributed by atoms with van der Waals surface area (Å²) < 4.78 is 5.72. The SMILES string of the molecule is CC(C)[C@@H]1NC(=O)[C@@H](C(C)NC(=O)OCC2c3ccccc3-c3ccccc32)NC(=O)CNC(=O)C(CC(=O)O)NC(=O)CNC(=O)[C@H](CC(=O)O)NC(=O)[C@H](C(C)C(=O)O)NC(=O)[C@H]2CCCCN2C(=O)C(NC(=O)[C@@H](N)CC(N)=O)[C@@H](C)NC(=O)[C@@H]2CCCN2C1=O. The third-order valence-electron chi connectivity index (χ3n) is 16.5. The summed E-state index contributed by atoms with van der Waals surface area (Å²) in [5.74, 6) is -21.8. The van der Waals surface area contributed by atoms with E-state index in [0.29, 0.717) is 0 Å². The minimum Gasteiger partial charge on any atom is -0.481 e. The molecule has 17 N–H and O–H groups in total. The number of rotatable bonds is 15. The van der Waals surface area contributed by atoms with Crippen LogP contribution in [0.2, 0.25) is 0 Å². The van der Waals surface area contributed by atoms with Crippen LogP contribution in [0.5, 0.6) is 0 Å². The number of fused-ring (bicyclic) bond motifs is 5. The summed E-state index contributed by atoms with van der Waals surface area (Å²) in [6.45, 7) is 4.06. The number of carbonyl (C=O) groups is 16. The Kier molecular flexibility index (Phi) is 25.4. The Balaban J connectivity index is 1.35. The topological polar surface area (TPSA) is 522 Å². The lowest BCUT2D eigenvalue weighted by atomic mass is 9.96. The van der Waals surface area contributed by atoms with E-state index in [9.17, 15) is 92.0 Å². The molecule has 2 aromatic rings. The summed E-state index contributed by atoms with van der Waals surface area (Å²) >= 11 is 0. The molecule has 4 unspecified atom stereocenters. The number of carboxylic acid groups (broad SMARTS) is 3. The van der Waals surface area contributed by atoms with Gasteiger partial charge in [0.15, 0.2) is 0 Å². The van der Waals surface area contributed by atoms with E-state index in [0.717, 1.165) is 39.0 Å². The van der Waals surface area contributed by atoms with E-state index in [4.69, 9.17) is 16.2 Å². The number of alkyl carbamates (subject to hydrolysis) is 1. The summed E-state index contributed by atoms with van der Waals surface area (Å²) in [5, 5.41) is 52.7. The van der Waals surface area contributed by atoms with E-state index in [1.807, 2.05) is 53.8 Å². The number of hydrogen-bond donors (Lipinski definition) is 15. The molecule has 3 aliphatic heterocycles. The van der Waals surface area contributed by atoms with Crippen molar-refractivity contribution in [2.45, 2.75) is 158 Å². The average Bonchev–Trinajstić information content (AvgIpc) is 1.61. The molecule has 94 heavy (non-hydrogen) atoms. The number of ether oxygens (including phenoxy) is 1. The van der Waals surface area contributed by atoms with Crippen LogP contribution in [0.25, 0.3) is 11.1 Å². The average molecular weight is 1320 g/mol. The highest BCUT2D eigenvalue weighted by atomic mass is 16.5. The number of benzene rings is 2. The second-order valence-electron chi connectivity index (χ2n) is 23.8. The van der Waals surface area contributed by atoms with Gasteiger partial charge in [-0.05, 0) is 81.0 Å². The normalized spacial score (nSPS) is 25.2. The number of carbonyl (C=O) groups excluding carboxylic acids is 13. The molecule has 0 spiro atoms. The van der Waals surface area contributed by atoms with Gasteiger partial charge in [0.2, 0.25) is 70.9 Å². The molecule has 34 heteroatoms. The molecule has 12 atom stereocenters. The molecule has 3 fully saturated rings. The molecule has 1 aliphatic carbocycles. The Morgan fingerprint density at radius 1 is 0.606 bits per heavy atom. The van der Waals surface area contributed by atoms with E-state index >= 15 is 0 Å². The van der Waals surface area contributed by atoms with Crippen LogP contribution >= 0.6 is 0 Å². The maximum atomic E-state index is 15.0. The minimum atomic E-state index is -2.13. The molecule has 510 valence electrons. The Bertz CT molecular complexity index is 3250. The summed E-state index contributed by atoms with van der Waals surface area (Å²) in [6, 6.07) is -3.72. The van der Waals surface area contributed by atoms with Gasteiger partial charge in [0.1, 0.15) is 54.9 Å². The highest BCUT2D eigenvalue weighted by Crippen LogP contribution is 2.44. The molecule has 0 bridgehead atoms. The van der Waals surface area contributed by atoms with Crippen LogP contribution in [0.3, 0.4) is 0 Å². The van der Waals surface area contributed by atoms with Crippen molar-refractivity contribution in [2.24, 2.45) is 23.3 Å². The quantitative estimate of drug-likeness (QED) is 0.0799. The van der Waals surface area contributed by atoms with E-state index in [1.165, 1.54) is 13.8 Å². The number of aliphatic carboxylic acids is 3. The maximum Gasteiger partial charge on any atom is 0.407 e. The molecule has 0 aromatic heterocycles. The lowest BCUT2D eigenvalue weighted by molar-refractivity contribution is -0.149. The smallest absolute Gasteiger partial charge is 0.407 e. The van der Waals surface area contributed by atoms with Crippen LogP contribution in [0.4, 0.5) is 4.79 Å². The number of nitrogens with two attached hydrogens (primary N) is 2. The van der Waals surface area contributed by atoms with Crippen molar-refractivity contribution in [3.8, 4) is 11.1 Å². The van der Waals surface area contributed by atoms with E-state index in [2.05, 4.69) is 47.9 Å². The first-order valence-electron chi connectivity index (χ1n) is 30.5. The van der Waals surface area contributed by atoms with E-state index in [1.54, 1.807) is 13.8 Å². The third-order valence-corrected chi connectivity index (χ3v) is 16.5. The van der Waals surface area contributed by atoms with Crippen LogP contribution in [0, 0.1) is 11.8 Å². The number of hydrogen-bond acceptors (Lipinski definition) is 18. The summed E-state index contributed by atoms with van der Waals surface area (Å²) in [7, 11) is 0. The summed E-state index contributed by atoms with van der Waals surface area (Å²) in [5.41, 5.74) is 14.9. The Hall–Kier alpha value is -10.3. The summed E-state index contributed by atoms with van der Waals surface area (Å²) in [4.78, 5) is 220. The van der Waals surface area contributed by atoms with Crippen molar-refractivity contribution in [3.63, 3.8) is 0 Å². The zero-order valence-corrected chi connectivity index (χ0v) is 52.2. The molecule has 3 saturated heterocycles. The standard InChI is InChI=1S/C60H80N14O20/c1-27(2)46-57(89)74-20-12-18-40(74)53(85)65-30(5)49(72-50(82)36(61)21-41(62)75)58(90)73-19-11-10-17-39(73)54(86)71-47(28(3)59(91)92)55(87)68-38(23-45(80)81)52(84)63-24-42(76)67-37(22-44(78)79)51(83)64-25-43(77)69-48(56(88)70-46)29(4)66-60(93)94-26-35-33-15-8-6-13-31(33)32-14-7-9-16-34(32)35/h6-9,13-16,27-30,35-40,46-49H,10-12,17-26,61H2,1-5H3,(H2,62,75)(H,63,84)(H,64,83)(H,65,85)(H,66,93)(H,67,76)(H,68,87)(H,69,77)(H,70,88)(H,71,86)(H,72,82)(H,78,79)(H,80,81)(H,91,92)/t28?,29?,30-,36+,37?,38+,39-,40+,46+,47+,48-,49?/m1/s1. The number of primary amides is 1. The fourth-order valence-corrected chi connectivity index (χ4v) is 11.5. The van der Waals surface area contributed by atoms with Crippen molar-refractivity contribution in [1.82, 2.24) is 63.0 Å². The number of amides is 13. The third kappa shape index (κ3) is 18.9. The van der Waals surface area contributed by atoms with Crippen molar-refractivity contribution >= 4 is 94.9 Å². The molecule has 2 aromatic carbocycles. The Labute approximate surface area is 538 Å². The van der Waals surface area contributed by atoms with Gasteiger partial charge < -0.3 is 94.5 Å². The van der Waals surface area contributed by atoms with Gasteiger partial charge in [-0.2, -0.15) is 0 Å². The number of nitrogens with one attached hydrogen (secondary N) is 10. The predicted octanol–water partition coefficient (Wildman–Crippen LogP) is -4.53. The van der Waals surface area contributed by atoms with E-state index < -0.39 is 211 Å². The number of carboxylic acids is 3. The molecule has 13 amide bonds. The lowest BCUT2D eigenvalue weighted by Crippen LogP contribution is -2.66. The van der Waals surface area contributed by atoms with Gasteiger partial charge in [-0.1, -0.05) is 62.4 Å². The summed E-state index contributed by atoms with van der Waals surface area (Å²) in [6.07, 6.45) is -3.53. The van der Waals surface area contributed by atoms with Gasteiger partial charge in [0, 0.05) is 19.0 Å². The second kappa shape index (κ2) is 32.8. The van der Waals surface area contributed by atoms with Crippen LogP contribution < -0.4 is 64.6 Å². The van der Waals surface area contributed by atoms with Gasteiger partial charge in [0.25, 0.3) is 0 Å². The molecule has 4 aliphatic rings.